The van der Waals surface area contributed by atoms with Crippen LogP contribution in [0.25, 0.3) is 0 Å². The summed E-state index contributed by atoms with van der Waals surface area (Å²) in [7, 11) is 0. The minimum atomic E-state index is -0.0148. The zero-order valence-corrected chi connectivity index (χ0v) is 11.5. The molecule has 1 unspecified atom stereocenters. The number of nitrogens with zero attached hydrogens (tertiary/aromatic N) is 2. The minimum absolute atomic E-state index is 0.0148. The molecule has 1 atom stereocenters. The molecule has 1 heterocycles. The van der Waals surface area contributed by atoms with Crippen molar-refractivity contribution >= 4 is 5.91 Å². The first kappa shape index (κ1) is 11.8. The normalized spacial score (nSPS) is 47.4. The van der Waals surface area contributed by atoms with E-state index in [1.807, 2.05) is 4.90 Å². The largest absolute Gasteiger partial charge is 0.341 e. The molecule has 0 aromatic heterocycles. The van der Waals surface area contributed by atoms with Crippen LogP contribution in [-0.2, 0) is 4.79 Å². The van der Waals surface area contributed by atoms with E-state index in [1.54, 1.807) is 0 Å². The van der Waals surface area contributed by atoms with Crippen LogP contribution in [-0.4, -0.2) is 23.9 Å². The fraction of sp³-hybridized carbons (Fsp3) is 0.875. The van der Waals surface area contributed by atoms with Gasteiger partial charge >= 0.3 is 0 Å². The van der Waals surface area contributed by atoms with Crippen LogP contribution in [0.15, 0.2) is 0 Å². The Hall–Kier alpha value is -1.04. The van der Waals surface area contributed by atoms with Gasteiger partial charge in [0.15, 0.2) is 0 Å². The Morgan fingerprint density at radius 3 is 2.16 bits per heavy atom. The summed E-state index contributed by atoms with van der Waals surface area (Å²) >= 11 is 0. The van der Waals surface area contributed by atoms with E-state index in [9.17, 15) is 4.79 Å². The van der Waals surface area contributed by atoms with Crippen LogP contribution in [0.5, 0.6) is 0 Å². The second-order valence-corrected chi connectivity index (χ2v) is 7.56. The molecule has 102 valence electrons. The van der Waals surface area contributed by atoms with E-state index >= 15 is 0 Å². The van der Waals surface area contributed by atoms with Gasteiger partial charge in [-0.15, -0.1) is 0 Å². The Bertz CT molecular complexity index is 415. The average molecular weight is 258 g/mol. The number of hydrogen-bond donors (Lipinski definition) is 0. The van der Waals surface area contributed by atoms with Crippen molar-refractivity contribution in [2.75, 3.05) is 13.1 Å². The third kappa shape index (κ3) is 1.72. The van der Waals surface area contributed by atoms with Crippen LogP contribution in [0.3, 0.4) is 0 Å². The lowest BCUT2D eigenvalue weighted by atomic mass is 9.49. The smallest absolute Gasteiger partial charge is 0.228 e. The zero-order valence-electron chi connectivity index (χ0n) is 11.5. The molecule has 0 N–H and O–H groups in total. The van der Waals surface area contributed by atoms with E-state index in [0.29, 0.717) is 12.5 Å². The standard InChI is InChI=1S/C16H22N2O/c17-9-11-1-2-18(10-11)15(19)16-6-12-3-13(7-16)5-14(4-12)8-16/h11-14H,1-8,10H2. The molecule has 1 aliphatic heterocycles. The number of carbonyl (C=O) groups is 1. The van der Waals surface area contributed by atoms with E-state index in [2.05, 4.69) is 6.07 Å². The van der Waals surface area contributed by atoms with E-state index in [4.69, 9.17) is 5.26 Å². The number of nitriles is 1. The molecule has 5 fully saturated rings. The molecule has 19 heavy (non-hydrogen) atoms. The SMILES string of the molecule is N#CC1CCN(C(=O)C23CC4CC(CC(C4)C2)C3)C1. The van der Waals surface area contributed by atoms with Crippen LogP contribution in [0.1, 0.15) is 44.9 Å². The number of amides is 1. The maximum atomic E-state index is 13.0. The summed E-state index contributed by atoms with van der Waals surface area (Å²) < 4.78 is 0. The van der Waals surface area contributed by atoms with Gasteiger partial charge < -0.3 is 4.90 Å². The molecule has 0 spiro atoms. The van der Waals surface area contributed by atoms with E-state index in [-0.39, 0.29) is 11.3 Å². The van der Waals surface area contributed by atoms with Gasteiger partial charge in [0, 0.05) is 13.1 Å². The quantitative estimate of drug-likeness (QED) is 0.725. The van der Waals surface area contributed by atoms with Gasteiger partial charge in [-0.3, -0.25) is 4.79 Å². The maximum Gasteiger partial charge on any atom is 0.228 e. The second-order valence-electron chi connectivity index (χ2n) is 7.56. The fourth-order valence-corrected chi connectivity index (χ4v) is 5.76. The topological polar surface area (TPSA) is 44.1 Å². The molecule has 4 bridgehead atoms. The molecule has 5 aliphatic rings. The lowest BCUT2D eigenvalue weighted by molar-refractivity contribution is -0.156. The third-order valence-corrected chi connectivity index (χ3v) is 6.15. The first-order valence-corrected chi connectivity index (χ1v) is 7.87. The van der Waals surface area contributed by atoms with Gasteiger partial charge in [-0.1, -0.05) is 0 Å². The van der Waals surface area contributed by atoms with Crippen molar-refractivity contribution in [3.05, 3.63) is 0 Å². The summed E-state index contributed by atoms with van der Waals surface area (Å²) in [6, 6.07) is 2.33. The number of hydrogen-bond acceptors (Lipinski definition) is 2. The molecule has 4 saturated carbocycles. The van der Waals surface area contributed by atoms with Gasteiger partial charge in [-0.05, 0) is 62.7 Å². The second kappa shape index (κ2) is 3.98. The predicted molar refractivity (Wildman–Crippen MR) is 70.9 cm³/mol. The van der Waals surface area contributed by atoms with Gasteiger partial charge in [0.2, 0.25) is 5.91 Å². The lowest BCUT2D eigenvalue weighted by Crippen LogP contribution is -2.54. The van der Waals surface area contributed by atoms with Gasteiger partial charge in [-0.25, -0.2) is 0 Å². The predicted octanol–water partition coefficient (Wildman–Crippen LogP) is 2.57. The maximum absolute atomic E-state index is 13.0. The first-order valence-electron chi connectivity index (χ1n) is 7.87. The molecule has 3 nitrogen and oxygen atoms in total. The van der Waals surface area contributed by atoms with E-state index in [1.165, 1.54) is 19.3 Å². The van der Waals surface area contributed by atoms with Crippen molar-refractivity contribution in [1.29, 1.82) is 5.26 Å². The van der Waals surface area contributed by atoms with Gasteiger partial charge in [0.1, 0.15) is 0 Å². The highest BCUT2D eigenvalue weighted by atomic mass is 16.2. The van der Waals surface area contributed by atoms with Gasteiger partial charge in [-0.2, -0.15) is 5.26 Å². The van der Waals surface area contributed by atoms with Crippen molar-refractivity contribution in [3.8, 4) is 6.07 Å². The molecule has 5 rings (SSSR count). The highest BCUT2D eigenvalue weighted by molar-refractivity contribution is 5.83. The molecule has 0 aromatic rings. The van der Waals surface area contributed by atoms with Crippen LogP contribution < -0.4 is 0 Å². The fourth-order valence-electron chi connectivity index (χ4n) is 5.76. The van der Waals surface area contributed by atoms with Crippen molar-refractivity contribution in [2.45, 2.75) is 44.9 Å². The Kier molecular flexibility index (Phi) is 2.46. The van der Waals surface area contributed by atoms with Crippen molar-refractivity contribution in [3.63, 3.8) is 0 Å². The minimum Gasteiger partial charge on any atom is -0.341 e. The van der Waals surface area contributed by atoms with E-state index < -0.39 is 0 Å². The Balaban J connectivity index is 1.55. The van der Waals surface area contributed by atoms with Gasteiger partial charge in [0.25, 0.3) is 0 Å². The Labute approximate surface area is 115 Å². The van der Waals surface area contributed by atoms with Crippen molar-refractivity contribution in [1.82, 2.24) is 4.90 Å². The van der Waals surface area contributed by atoms with Gasteiger partial charge in [0.05, 0.1) is 17.4 Å². The molecule has 3 heteroatoms. The molecular weight excluding hydrogens is 236 g/mol. The van der Waals surface area contributed by atoms with Crippen LogP contribution in [0, 0.1) is 40.4 Å². The number of rotatable bonds is 1. The molecule has 1 saturated heterocycles. The summed E-state index contributed by atoms with van der Waals surface area (Å²) in [4.78, 5) is 15.0. The van der Waals surface area contributed by atoms with E-state index in [0.717, 1.165) is 50.0 Å². The number of likely N-dealkylation sites (tertiary alicyclic amines) is 1. The molecule has 0 radical (unpaired) electrons. The average Bonchev–Trinajstić information content (AvgIpc) is 2.84. The van der Waals surface area contributed by atoms with Crippen LogP contribution in [0.2, 0.25) is 0 Å². The Morgan fingerprint density at radius 1 is 1.11 bits per heavy atom. The summed E-state index contributed by atoms with van der Waals surface area (Å²) in [5.41, 5.74) is -0.0148. The number of carbonyl (C=O) groups excluding carboxylic acids is 1. The zero-order chi connectivity index (χ0) is 13.0. The summed E-state index contributed by atoms with van der Waals surface area (Å²) in [6.45, 7) is 1.51. The Morgan fingerprint density at radius 2 is 1.68 bits per heavy atom. The lowest BCUT2D eigenvalue weighted by Gasteiger charge is -2.56. The summed E-state index contributed by atoms with van der Waals surface area (Å²) in [6.07, 6.45) is 8.46. The monoisotopic (exact) mass is 258 g/mol. The van der Waals surface area contributed by atoms with Crippen molar-refractivity contribution in [2.24, 2.45) is 29.1 Å². The molecule has 0 aromatic carbocycles. The molecular formula is C16H22N2O. The molecule has 4 aliphatic carbocycles. The summed E-state index contributed by atoms with van der Waals surface area (Å²) in [5, 5.41) is 9.01. The van der Waals surface area contributed by atoms with Crippen LogP contribution in [0.4, 0.5) is 0 Å². The highest BCUT2D eigenvalue weighted by Crippen LogP contribution is 2.60. The molecule has 1 amide bonds. The first-order chi connectivity index (χ1) is 9.18. The summed E-state index contributed by atoms with van der Waals surface area (Å²) in [5.74, 6) is 2.96. The third-order valence-electron chi connectivity index (χ3n) is 6.15. The van der Waals surface area contributed by atoms with Crippen molar-refractivity contribution < 1.29 is 4.79 Å². The highest BCUT2D eigenvalue weighted by Gasteiger charge is 2.55. The van der Waals surface area contributed by atoms with Crippen LogP contribution >= 0.6 is 0 Å².